The molecule has 0 aromatic rings. The average Bonchev–Trinajstić information content (AvgIpc) is 3.17. The zero-order chi connectivity index (χ0) is 40.5. The number of amides is 2. The molecular weight excluding hydrogens is 693 g/mol. The third kappa shape index (κ3) is 37.5. The molecule has 0 aliphatic rings. The van der Waals surface area contributed by atoms with Crippen LogP contribution in [0.1, 0.15) is 194 Å². The summed E-state index contributed by atoms with van der Waals surface area (Å²) in [6.07, 6.45) is 47.3. The first-order valence-electron chi connectivity index (χ1n) is 22.0. The van der Waals surface area contributed by atoms with Crippen LogP contribution in [0.25, 0.3) is 0 Å². The number of aliphatic hydroxyl groups is 1. The van der Waals surface area contributed by atoms with E-state index in [0.717, 1.165) is 57.8 Å². The molecule has 0 heterocycles. The van der Waals surface area contributed by atoms with Crippen molar-refractivity contribution in [3.63, 3.8) is 0 Å². The Kier molecular flexibility index (Phi) is 38.1. The molecule has 0 saturated heterocycles. The first-order chi connectivity index (χ1) is 26.8. The zero-order valence-electron chi connectivity index (χ0n) is 34.9. The predicted molar refractivity (Wildman–Crippen MR) is 227 cm³/mol. The molecule has 0 saturated carbocycles. The van der Waals surface area contributed by atoms with Crippen LogP contribution < -0.4 is 10.6 Å². The minimum atomic E-state index is -1.40. The molecule has 2 amide bonds. The second-order valence-corrected chi connectivity index (χ2v) is 14.8. The molecule has 0 radical (unpaired) electrons. The number of carboxylic acids is 1. The molecule has 4 N–H and O–H groups in total. The number of nitrogens with one attached hydrogen (secondary N) is 2. The number of ether oxygens (including phenoxy) is 1. The molecule has 2 unspecified atom stereocenters. The lowest BCUT2D eigenvalue weighted by atomic mass is 10.0. The Bertz CT molecular complexity index is 1070. The number of carboxylic acid groups (broad SMARTS) is 1. The first kappa shape index (κ1) is 51.8. The molecule has 0 aliphatic heterocycles. The number of carbonyl (C=O) groups excluding carboxylic acids is 3. The number of hydrogen-bond donors (Lipinski definition) is 4. The second kappa shape index (κ2) is 40.5. The highest BCUT2D eigenvalue weighted by molar-refractivity contribution is 5.87. The molecule has 0 spiro atoms. The zero-order valence-corrected chi connectivity index (χ0v) is 34.9. The Morgan fingerprint density at radius 3 is 1.51 bits per heavy atom. The van der Waals surface area contributed by atoms with Crippen molar-refractivity contribution in [1.82, 2.24) is 10.6 Å². The largest absolute Gasteiger partial charge is 0.480 e. The molecule has 9 heteroatoms. The smallest absolute Gasteiger partial charge is 0.328 e. The molecule has 0 fully saturated rings. The van der Waals surface area contributed by atoms with Crippen LogP contribution in [0.5, 0.6) is 0 Å². The van der Waals surface area contributed by atoms with Crippen LogP contribution in [-0.2, 0) is 23.9 Å². The number of rotatable bonds is 39. The third-order valence-electron chi connectivity index (χ3n) is 9.57. The minimum absolute atomic E-state index is 0.159. The maximum Gasteiger partial charge on any atom is 0.328 e. The highest BCUT2D eigenvalue weighted by Gasteiger charge is 2.19. The van der Waals surface area contributed by atoms with Gasteiger partial charge in [-0.25, -0.2) is 4.79 Å². The lowest BCUT2D eigenvalue weighted by molar-refractivity contribution is -0.147. The Balaban J connectivity index is 4.36. The lowest BCUT2D eigenvalue weighted by Gasteiger charge is -2.15. The van der Waals surface area contributed by atoms with E-state index in [4.69, 9.17) is 14.9 Å². The number of unbranched alkanes of at least 4 members (excludes halogenated alkanes) is 19. The van der Waals surface area contributed by atoms with Crippen LogP contribution in [0.15, 0.2) is 48.6 Å². The summed E-state index contributed by atoms with van der Waals surface area (Å²) in [4.78, 5) is 47.7. The maximum atomic E-state index is 12.7. The normalized spacial score (nSPS) is 12.9. The minimum Gasteiger partial charge on any atom is -0.480 e. The fourth-order valence-corrected chi connectivity index (χ4v) is 6.21. The van der Waals surface area contributed by atoms with Gasteiger partial charge in [-0.05, 0) is 57.4 Å². The van der Waals surface area contributed by atoms with Crippen molar-refractivity contribution in [2.75, 3.05) is 13.2 Å². The van der Waals surface area contributed by atoms with Crippen LogP contribution in [-0.4, -0.2) is 59.3 Å². The Morgan fingerprint density at radius 1 is 0.564 bits per heavy atom. The van der Waals surface area contributed by atoms with Gasteiger partial charge in [0, 0.05) is 12.8 Å². The summed E-state index contributed by atoms with van der Waals surface area (Å²) in [7, 11) is 0. The Morgan fingerprint density at radius 2 is 1.02 bits per heavy atom. The van der Waals surface area contributed by atoms with Crippen LogP contribution in [0.3, 0.4) is 0 Å². The van der Waals surface area contributed by atoms with E-state index in [-0.39, 0.29) is 30.9 Å². The molecule has 0 aromatic heterocycles. The second-order valence-electron chi connectivity index (χ2n) is 14.8. The van der Waals surface area contributed by atoms with Gasteiger partial charge < -0.3 is 25.6 Å². The molecule has 0 aliphatic carbocycles. The molecule has 55 heavy (non-hydrogen) atoms. The Hall–Kier alpha value is -3.20. The molecule has 0 aromatic carbocycles. The number of allylic oxidation sites excluding steroid dienone is 7. The van der Waals surface area contributed by atoms with Gasteiger partial charge >= 0.3 is 11.9 Å². The summed E-state index contributed by atoms with van der Waals surface area (Å²) in [6, 6.07) is -1.40. The van der Waals surface area contributed by atoms with E-state index in [1.807, 2.05) is 12.2 Å². The van der Waals surface area contributed by atoms with Gasteiger partial charge in [-0.1, -0.05) is 172 Å². The molecule has 9 nitrogen and oxygen atoms in total. The van der Waals surface area contributed by atoms with Gasteiger partial charge in [0.1, 0.15) is 12.1 Å². The number of aliphatic hydroxyl groups excluding tert-OH is 1. The van der Waals surface area contributed by atoms with Crippen molar-refractivity contribution in [1.29, 1.82) is 0 Å². The van der Waals surface area contributed by atoms with Crippen molar-refractivity contribution < 1.29 is 34.1 Å². The summed E-state index contributed by atoms with van der Waals surface area (Å²) in [5.41, 5.74) is 0. The van der Waals surface area contributed by atoms with Crippen LogP contribution in [0.2, 0.25) is 0 Å². The topological polar surface area (TPSA) is 142 Å². The van der Waals surface area contributed by atoms with E-state index in [1.54, 1.807) is 0 Å². The van der Waals surface area contributed by atoms with E-state index in [1.165, 1.54) is 96.3 Å². The third-order valence-corrected chi connectivity index (χ3v) is 9.57. The number of esters is 1. The standard InChI is InChI=1S/C46H80N2O7/c1-3-5-7-9-11-13-15-16-17-18-19-20-21-23-25-27-29-34-38-45(52)55-41(35-31-28-26-24-22-14-12-10-8-6-4-2)36-32-30-33-37-43(50)47-39-44(51)48-42(40-49)46(53)54/h6,8,12,14,24,26,31,35,41-42,49H,3-5,7,9-11,13,15-23,25,27-30,32-34,36-40H2,1-2H3,(H,47,50)(H,48,51)(H,53,54)/b8-6-,14-12-,26-24-,35-31-. The van der Waals surface area contributed by atoms with Gasteiger partial charge in [-0.15, -0.1) is 0 Å². The first-order valence-corrected chi connectivity index (χ1v) is 22.0. The summed E-state index contributed by atoms with van der Waals surface area (Å²) < 4.78 is 5.87. The van der Waals surface area contributed by atoms with Gasteiger partial charge in [0.25, 0.3) is 0 Å². The predicted octanol–water partition coefficient (Wildman–Crippen LogP) is 10.8. The summed E-state index contributed by atoms with van der Waals surface area (Å²) >= 11 is 0. The summed E-state index contributed by atoms with van der Waals surface area (Å²) in [5, 5.41) is 22.6. The molecular formula is C46H80N2O7. The molecule has 2 atom stereocenters. The highest BCUT2D eigenvalue weighted by atomic mass is 16.5. The molecule has 0 bridgehead atoms. The van der Waals surface area contributed by atoms with Crippen molar-refractivity contribution in [2.45, 2.75) is 206 Å². The quantitative estimate of drug-likeness (QED) is 0.0277. The van der Waals surface area contributed by atoms with Crippen molar-refractivity contribution in [2.24, 2.45) is 0 Å². The Labute approximate surface area is 335 Å². The van der Waals surface area contributed by atoms with Crippen LogP contribution in [0.4, 0.5) is 0 Å². The van der Waals surface area contributed by atoms with E-state index in [2.05, 4.69) is 60.9 Å². The van der Waals surface area contributed by atoms with Gasteiger partial charge in [-0.3, -0.25) is 14.4 Å². The SMILES string of the molecule is CC/C=C\C/C=C\C/C=C\C/C=C\C(CCCCCC(=O)NCC(=O)NC(CO)C(=O)O)OC(=O)CCCCCCCCCCCCCCCCCCCC. The van der Waals surface area contributed by atoms with E-state index >= 15 is 0 Å². The number of carbonyl (C=O) groups is 4. The van der Waals surface area contributed by atoms with Crippen LogP contribution in [0, 0.1) is 0 Å². The fraction of sp³-hybridized carbons (Fsp3) is 0.739. The molecule has 316 valence electrons. The van der Waals surface area contributed by atoms with Gasteiger partial charge in [0.15, 0.2) is 0 Å². The van der Waals surface area contributed by atoms with E-state index < -0.39 is 24.5 Å². The monoisotopic (exact) mass is 773 g/mol. The summed E-state index contributed by atoms with van der Waals surface area (Å²) in [5.74, 6) is -2.49. The van der Waals surface area contributed by atoms with E-state index in [9.17, 15) is 19.2 Å². The molecule has 0 rings (SSSR count). The maximum absolute atomic E-state index is 12.7. The van der Waals surface area contributed by atoms with Gasteiger partial charge in [0.05, 0.1) is 13.2 Å². The average molecular weight is 773 g/mol. The lowest BCUT2D eigenvalue weighted by Crippen LogP contribution is -2.47. The van der Waals surface area contributed by atoms with Crippen molar-refractivity contribution >= 4 is 23.8 Å². The fourth-order valence-electron chi connectivity index (χ4n) is 6.21. The van der Waals surface area contributed by atoms with Gasteiger partial charge in [0.2, 0.25) is 11.8 Å². The van der Waals surface area contributed by atoms with Crippen LogP contribution >= 0.6 is 0 Å². The van der Waals surface area contributed by atoms with Crippen molar-refractivity contribution in [3.05, 3.63) is 48.6 Å². The number of aliphatic carboxylic acids is 1. The van der Waals surface area contributed by atoms with E-state index in [0.29, 0.717) is 19.3 Å². The van der Waals surface area contributed by atoms with Crippen molar-refractivity contribution in [3.8, 4) is 0 Å². The van der Waals surface area contributed by atoms with Gasteiger partial charge in [-0.2, -0.15) is 0 Å². The highest BCUT2D eigenvalue weighted by Crippen LogP contribution is 2.16. The number of hydrogen-bond acceptors (Lipinski definition) is 6. The summed E-state index contributed by atoms with van der Waals surface area (Å²) in [6.45, 7) is 3.32.